The smallest absolute Gasteiger partial charge is 0.345 e. The lowest BCUT2D eigenvalue weighted by molar-refractivity contribution is 0.0928. The summed E-state index contributed by atoms with van der Waals surface area (Å²) in [6, 6.07) is 5.54. The number of hydrogen-bond acceptors (Lipinski definition) is 4. The lowest BCUT2D eigenvalue weighted by Gasteiger charge is -2.15. The fourth-order valence-corrected chi connectivity index (χ4v) is 3.45. The Bertz CT molecular complexity index is 999. The molecule has 4 heterocycles. The van der Waals surface area contributed by atoms with Crippen LogP contribution in [0.1, 0.15) is 42.5 Å². The van der Waals surface area contributed by atoms with Crippen molar-refractivity contribution in [3.63, 3.8) is 0 Å². The number of aryl methyl sites for hydroxylation is 2. The van der Waals surface area contributed by atoms with Gasteiger partial charge in [-0.1, -0.05) is 6.92 Å². The van der Waals surface area contributed by atoms with Crippen LogP contribution in [0.25, 0.3) is 11.0 Å². The molecule has 26 heavy (non-hydrogen) atoms. The monoisotopic (exact) mass is 354 g/mol. The summed E-state index contributed by atoms with van der Waals surface area (Å²) in [6.07, 6.45) is 4.84. The molecular formula is C18H22N6O2. The number of amides is 1. The van der Waals surface area contributed by atoms with Crippen molar-refractivity contribution in [2.75, 3.05) is 0 Å². The molecular weight excluding hydrogens is 332 g/mol. The number of carbonyl (C=O) groups excluding carboxylic acids is 1. The van der Waals surface area contributed by atoms with Gasteiger partial charge in [0.15, 0.2) is 0 Å². The highest BCUT2D eigenvalue weighted by molar-refractivity contribution is 5.94. The first-order chi connectivity index (χ1) is 12.7. The highest BCUT2D eigenvalue weighted by Gasteiger charge is 2.22. The van der Waals surface area contributed by atoms with Gasteiger partial charge in [-0.25, -0.2) is 14.5 Å². The molecule has 4 rings (SSSR count). The second kappa shape index (κ2) is 6.78. The molecule has 0 radical (unpaired) electrons. The molecule has 0 bridgehead atoms. The number of hydrogen-bond donors (Lipinski definition) is 2. The highest BCUT2D eigenvalue weighted by atomic mass is 16.2. The third-order valence-electron chi connectivity index (χ3n) is 4.83. The minimum absolute atomic E-state index is 0.00404. The SMILES string of the molecule is CCCn1nc2n(c1=O)CCC(NC(=O)c1ccc3cc[nH]c3n1)CC2. The van der Waals surface area contributed by atoms with E-state index in [2.05, 4.69) is 20.4 Å². The van der Waals surface area contributed by atoms with Crippen molar-refractivity contribution in [1.29, 1.82) is 0 Å². The summed E-state index contributed by atoms with van der Waals surface area (Å²) in [5, 5.41) is 8.47. The zero-order valence-corrected chi connectivity index (χ0v) is 14.7. The maximum atomic E-state index is 12.5. The Morgan fingerprint density at radius 3 is 3.08 bits per heavy atom. The molecule has 136 valence electrons. The molecule has 1 aliphatic heterocycles. The van der Waals surface area contributed by atoms with E-state index in [9.17, 15) is 9.59 Å². The Morgan fingerprint density at radius 2 is 2.23 bits per heavy atom. The molecule has 1 atom stereocenters. The Kier molecular flexibility index (Phi) is 4.32. The van der Waals surface area contributed by atoms with Crippen molar-refractivity contribution in [3.05, 3.63) is 46.4 Å². The van der Waals surface area contributed by atoms with E-state index in [1.165, 1.54) is 0 Å². The maximum Gasteiger partial charge on any atom is 0.345 e. The number of aromatic nitrogens is 5. The molecule has 0 saturated heterocycles. The number of rotatable bonds is 4. The molecule has 3 aromatic heterocycles. The minimum Gasteiger partial charge on any atom is -0.348 e. The largest absolute Gasteiger partial charge is 0.348 e. The van der Waals surface area contributed by atoms with Crippen LogP contribution in [0.3, 0.4) is 0 Å². The van der Waals surface area contributed by atoms with E-state index >= 15 is 0 Å². The molecule has 1 aliphatic rings. The van der Waals surface area contributed by atoms with Crippen LogP contribution in [0.15, 0.2) is 29.2 Å². The van der Waals surface area contributed by atoms with E-state index in [4.69, 9.17) is 0 Å². The molecule has 0 fully saturated rings. The standard InChI is InChI=1S/C18H22N6O2/c1-2-10-24-18(26)23-11-8-13(4-6-15(23)22-24)20-17(25)14-5-3-12-7-9-19-16(12)21-14/h3,5,7,9,13H,2,4,6,8,10-11H2,1H3,(H,19,21)(H,20,25). The van der Waals surface area contributed by atoms with Crippen LogP contribution in [-0.2, 0) is 19.5 Å². The van der Waals surface area contributed by atoms with E-state index in [0.717, 1.165) is 24.1 Å². The summed E-state index contributed by atoms with van der Waals surface area (Å²) in [5.41, 5.74) is 1.05. The van der Waals surface area contributed by atoms with Crippen molar-refractivity contribution < 1.29 is 4.79 Å². The summed E-state index contributed by atoms with van der Waals surface area (Å²) < 4.78 is 3.29. The van der Waals surface area contributed by atoms with Crippen LogP contribution in [0.4, 0.5) is 0 Å². The molecule has 3 aromatic rings. The molecule has 0 spiro atoms. The van der Waals surface area contributed by atoms with Gasteiger partial charge in [-0.15, -0.1) is 0 Å². The average molecular weight is 354 g/mol. The van der Waals surface area contributed by atoms with E-state index in [1.54, 1.807) is 21.5 Å². The van der Waals surface area contributed by atoms with Crippen molar-refractivity contribution in [1.82, 2.24) is 29.6 Å². The number of nitrogens with one attached hydrogen (secondary N) is 2. The molecule has 8 nitrogen and oxygen atoms in total. The molecule has 2 N–H and O–H groups in total. The number of nitrogens with zero attached hydrogens (tertiary/aromatic N) is 4. The van der Waals surface area contributed by atoms with Crippen LogP contribution in [0, 0.1) is 0 Å². The van der Waals surface area contributed by atoms with Crippen LogP contribution in [0.2, 0.25) is 0 Å². The molecule has 0 aliphatic carbocycles. The normalized spacial score (nSPS) is 17.0. The second-order valence-corrected chi connectivity index (χ2v) is 6.68. The number of aromatic amines is 1. The van der Waals surface area contributed by atoms with Gasteiger partial charge in [-0.2, -0.15) is 5.10 Å². The van der Waals surface area contributed by atoms with Crippen LogP contribution in [0.5, 0.6) is 0 Å². The summed E-state index contributed by atoms with van der Waals surface area (Å²) >= 11 is 0. The molecule has 0 aromatic carbocycles. The van der Waals surface area contributed by atoms with Crippen LogP contribution in [-0.4, -0.2) is 36.3 Å². The van der Waals surface area contributed by atoms with Gasteiger partial charge in [0.05, 0.1) is 0 Å². The van der Waals surface area contributed by atoms with Gasteiger partial charge in [-0.3, -0.25) is 9.36 Å². The van der Waals surface area contributed by atoms with Crippen LogP contribution < -0.4 is 11.0 Å². The predicted molar refractivity (Wildman–Crippen MR) is 97.1 cm³/mol. The summed E-state index contributed by atoms with van der Waals surface area (Å²) in [5.74, 6) is 0.626. The van der Waals surface area contributed by atoms with Gasteiger partial charge >= 0.3 is 5.69 Å². The summed E-state index contributed by atoms with van der Waals surface area (Å²) in [4.78, 5) is 32.3. The Labute approximate surface area is 150 Å². The van der Waals surface area contributed by atoms with Gasteiger partial charge < -0.3 is 10.3 Å². The fourth-order valence-electron chi connectivity index (χ4n) is 3.45. The van der Waals surface area contributed by atoms with Gasteiger partial charge in [0.1, 0.15) is 17.2 Å². The van der Waals surface area contributed by atoms with E-state index in [-0.39, 0.29) is 17.6 Å². The number of fused-ring (bicyclic) bond motifs is 2. The highest BCUT2D eigenvalue weighted by Crippen LogP contribution is 2.14. The topological polar surface area (TPSA) is 97.6 Å². The third-order valence-corrected chi connectivity index (χ3v) is 4.83. The van der Waals surface area contributed by atoms with Crippen molar-refractivity contribution in [2.24, 2.45) is 0 Å². The van der Waals surface area contributed by atoms with Gasteiger partial charge in [0, 0.05) is 37.1 Å². The number of carbonyl (C=O) groups is 1. The van der Waals surface area contributed by atoms with Gasteiger partial charge in [0.2, 0.25) is 0 Å². The van der Waals surface area contributed by atoms with Crippen molar-refractivity contribution >= 4 is 16.9 Å². The summed E-state index contributed by atoms with van der Waals surface area (Å²) in [7, 11) is 0. The molecule has 8 heteroatoms. The summed E-state index contributed by atoms with van der Waals surface area (Å²) in [6.45, 7) is 3.25. The Balaban J connectivity index is 1.45. The zero-order chi connectivity index (χ0) is 18.1. The first kappa shape index (κ1) is 16.6. The van der Waals surface area contributed by atoms with Crippen molar-refractivity contribution in [2.45, 2.75) is 51.7 Å². The van der Waals surface area contributed by atoms with Crippen LogP contribution >= 0.6 is 0 Å². The first-order valence-electron chi connectivity index (χ1n) is 9.07. The lowest BCUT2D eigenvalue weighted by Crippen LogP contribution is -2.36. The van der Waals surface area contributed by atoms with Gasteiger partial charge in [-0.05, 0) is 37.5 Å². The van der Waals surface area contributed by atoms with E-state index in [0.29, 0.717) is 37.3 Å². The third kappa shape index (κ3) is 3.02. The molecule has 1 amide bonds. The van der Waals surface area contributed by atoms with Gasteiger partial charge in [0.25, 0.3) is 5.91 Å². The number of H-pyrrole nitrogens is 1. The molecule has 0 saturated carbocycles. The first-order valence-corrected chi connectivity index (χ1v) is 9.07. The Hall–Kier alpha value is -2.90. The second-order valence-electron chi connectivity index (χ2n) is 6.68. The fraction of sp³-hybridized carbons (Fsp3) is 0.444. The van der Waals surface area contributed by atoms with E-state index in [1.807, 2.05) is 19.1 Å². The Morgan fingerprint density at radius 1 is 1.35 bits per heavy atom. The molecule has 1 unspecified atom stereocenters. The lowest BCUT2D eigenvalue weighted by atomic mass is 10.1. The van der Waals surface area contributed by atoms with E-state index < -0.39 is 0 Å². The number of pyridine rings is 1. The minimum atomic E-state index is -0.186. The maximum absolute atomic E-state index is 12.5. The van der Waals surface area contributed by atoms with Crippen molar-refractivity contribution in [3.8, 4) is 0 Å². The quantitative estimate of drug-likeness (QED) is 0.741. The zero-order valence-electron chi connectivity index (χ0n) is 14.7. The average Bonchev–Trinajstić information content (AvgIpc) is 3.16. The predicted octanol–water partition coefficient (Wildman–Crippen LogP) is 1.47.